The molecule has 0 fully saturated rings. The quantitative estimate of drug-likeness (QED) is 0.278. The Balaban J connectivity index is 1.60. The van der Waals surface area contributed by atoms with E-state index in [1.54, 1.807) is 18.2 Å². The summed E-state index contributed by atoms with van der Waals surface area (Å²) in [4.78, 5) is 40.9. The van der Waals surface area contributed by atoms with E-state index < -0.39 is 27.7 Å². The van der Waals surface area contributed by atoms with E-state index in [-0.39, 0.29) is 28.3 Å². The van der Waals surface area contributed by atoms with Crippen molar-refractivity contribution in [3.05, 3.63) is 88.2 Å². The monoisotopic (exact) mass is 574 g/mol. The molecule has 0 spiro atoms. The van der Waals surface area contributed by atoms with Gasteiger partial charge in [-0.15, -0.1) is 0 Å². The maximum Gasteiger partial charge on any atom is 0.269 e. The van der Waals surface area contributed by atoms with Gasteiger partial charge in [-0.25, -0.2) is 13.1 Å². The number of pyridine rings is 1. The van der Waals surface area contributed by atoms with Crippen molar-refractivity contribution >= 4 is 39.3 Å². The first kappa shape index (κ1) is 29.6. The first-order valence-corrected chi connectivity index (χ1v) is 13.5. The summed E-state index contributed by atoms with van der Waals surface area (Å²) in [6, 6.07) is 13.3. The second-order valence-corrected chi connectivity index (χ2v) is 10.2. The van der Waals surface area contributed by atoms with Gasteiger partial charge in [0.1, 0.15) is 11.4 Å². The van der Waals surface area contributed by atoms with Gasteiger partial charge >= 0.3 is 0 Å². The molecule has 3 amide bonds. The van der Waals surface area contributed by atoms with Gasteiger partial charge in [0.2, 0.25) is 0 Å². The lowest BCUT2D eigenvalue weighted by Gasteiger charge is -2.11. The van der Waals surface area contributed by atoms with Crippen molar-refractivity contribution in [2.75, 3.05) is 33.9 Å². The van der Waals surface area contributed by atoms with Gasteiger partial charge in [-0.3, -0.25) is 19.4 Å². The summed E-state index contributed by atoms with van der Waals surface area (Å²) >= 11 is 5.98. The van der Waals surface area contributed by atoms with E-state index in [2.05, 4.69) is 15.6 Å². The summed E-state index contributed by atoms with van der Waals surface area (Å²) < 4.78 is 37.7. The van der Waals surface area contributed by atoms with E-state index in [1.807, 2.05) is 4.72 Å². The molecule has 3 aromatic rings. The highest BCUT2D eigenvalue weighted by atomic mass is 35.5. The van der Waals surface area contributed by atoms with Crippen LogP contribution >= 0.6 is 11.6 Å². The summed E-state index contributed by atoms with van der Waals surface area (Å²) in [5, 5.41) is 5.73. The van der Waals surface area contributed by atoms with Crippen molar-refractivity contribution in [3.8, 4) is 5.75 Å². The first-order chi connectivity index (χ1) is 18.6. The second kappa shape index (κ2) is 13.7. The van der Waals surface area contributed by atoms with Crippen LogP contribution in [-0.4, -0.2) is 65.0 Å². The van der Waals surface area contributed by atoms with Crippen molar-refractivity contribution in [2.24, 2.45) is 0 Å². The highest BCUT2D eigenvalue weighted by Gasteiger charge is 2.20. The summed E-state index contributed by atoms with van der Waals surface area (Å²) in [7, 11) is -1.26. The molecule has 0 aliphatic rings. The van der Waals surface area contributed by atoms with Crippen LogP contribution in [0.4, 0.5) is 0 Å². The highest BCUT2D eigenvalue weighted by Crippen LogP contribution is 2.22. The van der Waals surface area contributed by atoms with E-state index >= 15 is 0 Å². The van der Waals surface area contributed by atoms with E-state index in [0.717, 1.165) is 6.20 Å². The Morgan fingerprint density at radius 3 is 2.38 bits per heavy atom. The molecule has 1 heterocycles. The van der Waals surface area contributed by atoms with Crippen LogP contribution in [0.3, 0.4) is 0 Å². The lowest BCUT2D eigenvalue weighted by atomic mass is 10.1. The minimum Gasteiger partial charge on any atom is -0.496 e. The lowest BCUT2D eigenvalue weighted by molar-refractivity contribution is 0.0927. The van der Waals surface area contributed by atoms with Gasteiger partial charge in [-0.2, -0.15) is 0 Å². The fourth-order valence-corrected chi connectivity index (χ4v) is 4.62. The zero-order valence-corrected chi connectivity index (χ0v) is 22.8. The third-order valence-electron chi connectivity index (χ3n) is 5.39. The molecular weight excluding hydrogens is 548 g/mol. The molecule has 11 nitrogen and oxygen atoms in total. The molecule has 39 heavy (non-hydrogen) atoms. The summed E-state index contributed by atoms with van der Waals surface area (Å²) in [6.07, 6.45) is 1.44. The molecule has 0 saturated carbocycles. The molecule has 3 N–H and O–H groups in total. The van der Waals surface area contributed by atoms with Gasteiger partial charge in [0, 0.05) is 31.4 Å². The maximum atomic E-state index is 12.8. The zero-order chi connectivity index (χ0) is 28.4. The summed E-state index contributed by atoms with van der Waals surface area (Å²) in [5.41, 5.74) is 0.925. The molecule has 1 aromatic heterocycles. The fourth-order valence-electron chi connectivity index (χ4n) is 3.40. The molecular formula is C26H27ClN4O7S. The zero-order valence-electron chi connectivity index (χ0n) is 21.2. The number of nitrogens with zero attached hydrogens (tertiary/aromatic N) is 1. The van der Waals surface area contributed by atoms with Crippen LogP contribution in [0, 0.1) is 0 Å². The van der Waals surface area contributed by atoms with E-state index in [9.17, 15) is 22.8 Å². The van der Waals surface area contributed by atoms with Crippen LogP contribution in [0.2, 0.25) is 5.02 Å². The van der Waals surface area contributed by atoms with Crippen LogP contribution in [0.5, 0.6) is 5.75 Å². The molecule has 2 aromatic carbocycles. The number of benzene rings is 2. The number of nitrogens with one attached hydrogen (secondary N) is 3. The average molecular weight is 575 g/mol. The molecule has 0 saturated heterocycles. The third kappa shape index (κ3) is 8.24. The lowest BCUT2D eigenvalue weighted by Crippen LogP contribution is -2.31. The van der Waals surface area contributed by atoms with Crippen molar-refractivity contribution in [2.45, 2.75) is 11.3 Å². The number of methoxy groups -OCH3 is 2. The predicted octanol–water partition coefficient (Wildman–Crippen LogP) is 2.21. The normalized spacial score (nSPS) is 10.9. The Morgan fingerprint density at radius 2 is 1.69 bits per heavy atom. The maximum absolute atomic E-state index is 12.8. The Labute approximate surface area is 230 Å². The molecule has 0 aliphatic carbocycles. The van der Waals surface area contributed by atoms with Gasteiger partial charge in [0.25, 0.3) is 27.7 Å². The minimum absolute atomic E-state index is 0.0395. The highest BCUT2D eigenvalue weighted by molar-refractivity contribution is 7.90. The fraction of sp³-hybridized carbons (Fsp3) is 0.231. The first-order valence-electron chi connectivity index (χ1n) is 11.7. The van der Waals surface area contributed by atoms with E-state index in [0.29, 0.717) is 35.9 Å². The Bertz CT molecular complexity index is 1450. The Hall–Kier alpha value is -4.00. The van der Waals surface area contributed by atoms with Crippen molar-refractivity contribution < 1.29 is 32.3 Å². The number of aromatic nitrogens is 1. The van der Waals surface area contributed by atoms with E-state index in [1.165, 1.54) is 50.6 Å². The number of carbonyl (C=O) groups excluding carboxylic acids is 3. The van der Waals surface area contributed by atoms with Crippen molar-refractivity contribution in [1.29, 1.82) is 0 Å². The largest absolute Gasteiger partial charge is 0.496 e. The molecule has 0 bridgehead atoms. The van der Waals surface area contributed by atoms with Crippen LogP contribution in [0.1, 0.15) is 36.8 Å². The minimum atomic E-state index is -4.21. The Morgan fingerprint density at radius 1 is 0.923 bits per heavy atom. The van der Waals surface area contributed by atoms with Crippen LogP contribution in [0.25, 0.3) is 0 Å². The van der Waals surface area contributed by atoms with Crippen LogP contribution < -0.4 is 20.1 Å². The van der Waals surface area contributed by atoms with Crippen molar-refractivity contribution in [1.82, 2.24) is 20.3 Å². The molecule has 206 valence electrons. The third-order valence-corrected chi connectivity index (χ3v) is 6.96. The number of rotatable bonds is 12. The van der Waals surface area contributed by atoms with Crippen LogP contribution in [-0.2, 0) is 21.2 Å². The molecule has 3 rings (SSSR count). The second-order valence-electron chi connectivity index (χ2n) is 8.11. The van der Waals surface area contributed by atoms with E-state index in [4.69, 9.17) is 21.1 Å². The average Bonchev–Trinajstić information content (AvgIpc) is 2.93. The van der Waals surface area contributed by atoms with Gasteiger partial charge in [0.05, 0.1) is 29.7 Å². The summed E-state index contributed by atoms with van der Waals surface area (Å²) in [6.45, 7) is 0.833. The smallest absolute Gasteiger partial charge is 0.269 e. The Kier molecular flexibility index (Phi) is 10.4. The number of halogens is 1. The number of hydrogen-bond acceptors (Lipinski definition) is 8. The number of ether oxygens (including phenoxy) is 2. The molecule has 0 radical (unpaired) electrons. The molecule has 0 aliphatic heterocycles. The molecule has 13 heteroatoms. The van der Waals surface area contributed by atoms with Gasteiger partial charge in [0.15, 0.2) is 0 Å². The number of amides is 3. The van der Waals surface area contributed by atoms with Gasteiger partial charge in [-0.1, -0.05) is 23.7 Å². The SMILES string of the molecule is COCCNC(=O)c1ccc(C(=O)NS(=O)(=O)c2cccc(CCNC(=O)c3cc(Cl)ccc3OC)c2)cn1. The molecule has 0 atom stereocenters. The number of carbonyl (C=O) groups is 3. The van der Waals surface area contributed by atoms with Crippen LogP contribution in [0.15, 0.2) is 65.7 Å². The number of sulfonamides is 1. The molecule has 0 unspecified atom stereocenters. The van der Waals surface area contributed by atoms with Crippen molar-refractivity contribution in [3.63, 3.8) is 0 Å². The standard InChI is InChI=1S/C26H27ClN4O7S/c1-37-13-12-29-26(34)22-8-6-18(16-30-22)24(32)31-39(35,36)20-5-3-4-17(14-20)10-11-28-25(33)21-15-19(27)7-9-23(21)38-2/h3-9,14-16H,10-13H2,1-2H3,(H,28,33)(H,29,34)(H,31,32). The topological polar surface area (TPSA) is 153 Å². The predicted molar refractivity (Wildman–Crippen MR) is 144 cm³/mol. The number of hydrogen-bond donors (Lipinski definition) is 3. The summed E-state index contributed by atoms with van der Waals surface area (Å²) in [5.74, 6) is -1.37. The van der Waals surface area contributed by atoms with Gasteiger partial charge < -0.3 is 20.1 Å². The van der Waals surface area contributed by atoms with Gasteiger partial charge in [-0.05, 0) is 54.4 Å².